The number of likely N-dealkylation sites (tertiary alicyclic amines) is 1. The number of benzene rings is 1. The summed E-state index contributed by atoms with van der Waals surface area (Å²) in [6.07, 6.45) is 2.63. The summed E-state index contributed by atoms with van der Waals surface area (Å²) in [5.41, 5.74) is 2.23. The fourth-order valence-electron chi connectivity index (χ4n) is 4.11. The number of thiophene rings is 1. The quantitative estimate of drug-likeness (QED) is 0.596. The summed E-state index contributed by atoms with van der Waals surface area (Å²) in [6, 6.07) is 9.50. The molecule has 0 saturated carbocycles. The average molecular weight is 459 g/mol. The van der Waals surface area contributed by atoms with Crippen LogP contribution in [0.15, 0.2) is 39.6 Å². The van der Waals surface area contributed by atoms with Crippen LogP contribution in [0.4, 0.5) is 0 Å². The molecule has 1 saturated heterocycles. The van der Waals surface area contributed by atoms with E-state index in [1.165, 1.54) is 21.2 Å². The third kappa shape index (κ3) is 3.68. The van der Waals surface area contributed by atoms with Crippen molar-refractivity contribution in [1.82, 2.24) is 19.4 Å². The summed E-state index contributed by atoms with van der Waals surface area (Å²) in [7, 11) is -3.67. The van der Waals surface area contributed by atoms with E-state index in [1.54, 1.807) is 17.9 Å². The topological polar surface area (TPSA) is 96.6 Å². The van der Waals surface area contributed by atoms with Gasteiger partial charge in [-0.25, -0.2) is 8.42 Å². The average Bonchev–Trinajstić information content (AvgIpc) is 3.53. The number of hydrogen-bond acceptors (Lipinski definition) is 7. The Kier molecular flexibility index (Phi) is 5.15. The first-order valence-electron chi connectivity index (χ1n) is 10.2. The second kappa shape index (κ2) is 7.85. The molecule has 3 aromatic rings. The molecule has 2 aromatic heterocycles. The number of carbonyl (C=O) groups is 1. The largest absolute Gasteiger partial charge is 0.411 e. The van der Waals surface area contributed by atoms with Gasteiger partial charge in [-0.3, -0.25) is 4.79 Å². The van der Waals surface area contributed by atoms with Crippen LogP contribution in [0.2, 0.25) is 0 Å². The van der Waals surface area contributed by atoms with Crippen molar-refractivity contribution < 1.29 is 17.6 Å². The molecule has 31 heavy (non-hydrogen) atoms. The van der Waals surface area contributed by atoms with E-state index in [0.29, 0.717) is 42.4 Å². The predicted octanol–water partition coefficient (Wildman–Crippen LogP) is 3.09. The zero-order valence-corrected chi connectivity index (χ0v) is 18.7. The van der Waals surface area contributed by atoms with Gasteiger partial charge in [-0.1, -0.05) is 24.3 Å². The van der Waals surface area contributed by atoms with Gasteiger partial charge in [0, 0.05) is 31.1 Å². The van der Waals surface area contributed by atoms with E-state index in [1.807, 2.05) is 24.3 Å². The molecule has 1 amide bonds. The van der Waals surface area contributed by atoms with Crippen LogP contribution in [0.1, 0.15) is 39.5 Å². The second-order valence-corrected chi connectivity index (χ2v) is 11.0. The smallest absolute Gasteiger partial charge is 0.311 e. The van der Waals surface area contributed by atoms with Crippen molar-refractivity contribution in [2.75, 3.05) is 19.6 Å². The lowest BCUT2D eigenvalue weighted by Crippen LogP contribution is -2.36. The van der Waals surface area contributed by atoms with E-state index in [4.69, 9.17) is 4.42 Å². The molecule has 4 heterocycles. The van der Waals surface area contributed by atoms with Gasteiger partial charge in [-0.2, -0.15) is 4.31 Å². The van der Waals surface area contributed by atoms with Crippen molar-refractivity contribution >= 4 is 27.3 Å². The molecule has 162 valence electrons. The third-order valence-corrected chi connectivity index (χ3v) is 8.94. The maximum Gasteiger partial charge on any atom is 0.311 e. The van der Waals surface area contributed by atoms with Crippen molar-refractivity contribution in [3.8, 4) is 10.8 Å². The van der Waals surface area contributed by atoms with Crippen LogP contribution in [0.25, 0.3) is 10.8 Å². The number of rotatable bonds is 4. The van der Waals surface area contributed by atoms with Crippen molar-refractivity contribution in [1.29, 1.82) is 0 Å². The van der Waals surface area contributed by atoms with Crippen molar-refractivity contribution in [2.45, 2.75) is 37.6 Å². The van der Waals surface area contributed by atoms with E-state index >= 15 is 0 Å². The molecule has 2 aliphatic rings. The molecular formula is C21H22N4O4S2. The van der Waals surface area contributed by atoms with Crippen LogP contribution < -0.4 is 0 Å². The minimum Gasteiger partial charge on any atom is -0.411 e. The van der Waals surface area contributed by atoms with Gasteiger partial charge < -0.3 is 9.32 Å². The van der Waals surface area contributed by atoms with Gasteiger partial charge in [0.25, 0.3) is 5.89 Å². The van der Waals surface area contributed by atoms with Crippen LogP contribution >= 0.6 is 11.3 Å². The molecule has 2 aliphatic heterocycles. The highest BCUT2D eigenvalue weighted by Crippen LogP contribution is 2.35. The zero-order valence-electron chi connectivity index (χ0n) is 17.1. The van der Waals surface area contributed by atoms with Gasteiger partial charge in [0.1, 0.15) is 0 Å². The van der Waals surface area contributed by atoms with Crippen LogP contribution in [0, 0.1) is 6.92 Å². The molecule has 1 aromatic carbocycles. The number of aryl methyl sites for hydroxylation is 1. The first-order chi connectivity index (χ1) is 14.9. The fourth-order valence-corrected chi connectivity index (χ4v) is 7.01. The van der Waals surface area contributed by atoms with E-state index in [2.05, 4.69) is 10.2 Å². The lowest BCUT2D eigenvalue weighted by molar-refractivity contribution is 0.0754. The molecule has 1 fully saturated rings. The minimum atomic E-state index is -3.67. The van der Waals surface area contributed by atoms with Gasteiger partial charge in [-0.15, -0.1) is 21.5 Å². The molecule has 5 rings (SSSR count). The standard InChI is InChI=1S/C21H22N4O4S2/c1-14-18(31(27,28)25-11-8-15-6-2-3-7-16(15)13-25)12-17(30-14)19-22-23-20(29-19)21(26)24-9-4-5-10-24/h2-3,6-7,12H,4-5,8-11,13H2,1H3. The summed E-state index contributed by atoms with van der Waals surface area (Å²) >= 11 is 1.27. The Morgan fingerprint density at radius 3 is 2.61 bits per heavy atom. The van der Waals surface area contributed by atoms with Crippen LogP contribution in [-0.4, -0.2) is 53.4 Å². The number of amides is 1. The van der Waals surface area contributed by atoms with Gasteiger partial charge in [0.15, 0.2) is 0 Å². The highest BCUT2D eigenvalue weighted by molar-refractivity contribution is 7.89. The molecule has 0 spiro atoms. The molecule has 8 nitrogen and oxygen atoms in total. The summed E-state index contributed by atoms with van der Waals surface area (Å²) < 4.78 is 33.8. The summed E-state index contributed by atoms with van der Waals surface area (Å²) in [4.78, 5) is 15.6. The van der Waals surface area contributed by atoms with Crippen LogP contribution in [0.3, 0.4) is 0 Å². The summed E-state index contributed by atoms with van der Waals surface area (Å²) in [6.45, 7) is 3.95. The predicted molar refractivity (Wildman–Crippen MR) is 115 cm³/mol. The summed E-state index contributed by atoms with van der Waals surface area (Å²) in [5, 5.41) is 7.89. The second-order valence-electron chi connectivity index (χ2n) is 7.80. The lowest BCUT2D eigenvalue weighted by atomic mass is 10.0. The van der Waals surface area contributed by atoms with Crippen LogP contribution in [-0.2, 0) is 23.0 Å². The first kappa shape index (κ1) is 20.3. The molecule has 0 atom stereocenters. The first-order valence-corrected chi connectivity index (χ1v) is 12.5. The molecule has 10 heteroatoms. The highest BCUT2D eigenvalue weighted by atomic mass is 32.2. The molecule has 0 aliphatic carbocycles. The van der Waals surface area contributed by atoms with E-state index in [9.17, 15) is 13.2 Å². The zero-order chi connectivity index (χ0) is 21.6. The number of hydrogen-bond donors (Lipinski definition) is 0. The number of carbonyl (C=O) groups excluding carboxylic acids is 1. The Bertz CT molecular complexity index is 1240. The molecular weight excluding hydrogens is 436 g/mol. The monoisotopic (exact) mass is 458 g/mol. The van der Waals surface area contributed by atoms with Gasteiger partial charge >= 0.3 is 11.8 Å². The Balaban J connectivity index is 1.40. The van der Waals surface area contributed by atoms with E-state index < -0.39 is 10.0 Å². The van der Waals surface area contributed by atoms with Crippen molar-refractivity contribution in [3.05, 3.63) is 52.2 Å². The normalized spacial score (nSPS) is 17.1. The maximum absolute atomic E-state index is 13.4. The lowest BCUT2D eigenvalue weighted by Gasteiger charge is -2.28. The maximum atomic E-state index is 13.4. The number of sulfonamides is 1. The molecule has 0 unspecified atom stereocenters. The highest BCUT2D eigenvalue weighted by Gasteiger charge is 2.32. The third-order valence-electron chi connectivity index (χ3n) is 5.80. The van der Waals surface area contributed by atoms with Crippen molar-refractivity contribution in [3.63, 3.8) is 0 Å². The van der Waals surface area contributed by atoms with E-state index in [-0.39, 0.29) is 22.6 Å². The van der Waals surface area contributed by atoms with Gasteiger partial charge in [0.05, 0.1) is 9.77 Å². The fraction of sp³-hybridized carbons (Fsp3) is 0.381. The molecule has 0 radical (unpaired) electrons. The minimum absolute atomic E-state index is 0.0556. The number of fused-ring (bicyclic) bond motifs is 1. The Morgan fingerprint density at radius 1 is 1.10 bits per heavy atom. The van der Waals surface area contributed by atoms with E-state index in [0.717, 1.165) is 18.4 Å². The van der Waals surface area contributed by atoms with Crippen molar-refractivity contribution in [2.24, 2.45) is 0 Å². The van der Waals surface area contributed by atoms with Crippen LogP contribution in [0.5, 0.6) is 0 Å². The summed E-state index contributed by atoms with van der Waals surface area (Å²) in [5.74, 6) is -0.162. The number of nitrogens with zero attached hydrogens (tertiary/aromatic N) is 4. The van der Waals surface area contributed by atoms with Gasteiger partial charge in [0.2, 0.25) is 10.0 Å². The Labute approximate surface area is 184 Å². The Morgan fingerprint density at radius 2 is 1.84 bits per heavy atom. The van der Waals surface area contributed by atoms with Gasteiger partial charge in [-0.05, 0) is 43.4 Å². The Hall–Kier alpha value is -2.56. The SMILES string of the molecule is Cc1sc(-c2nnc(C(=O)N3CCCC3)o2)cc1S(=O)(=O)N1CCc2ccccc2C1. The molecule has 0 N–H and O–H groups in total. The molecule has 0 bridgehead atoms. The number of aromatic nitrogens is 2.